The van der Waals surface area contributed by atoms with Crippen molar-refractivity contribution in [2.45, 2.75) is 44.6 Å². The molecule has 25 heavy (non-hydrogen) atoms. The molecule has 1 aliphatic carbocycles. The van der Waals surface area contributed by atoms with Crippen molar-refractivity contribution in [3.63, 3.8) is 0 Å². The van der Waals surface area contributed by atoms with Crippen molar-refractivity contribution in [3.05, 3.63) is 27.7 Å². The van der Waals surface area contributed by atoms with Gasteiger partial charge in [-0.05, 0) is 44.6 Å². The molecule has 1 saturated heterocycles. The summed E-state index contributed by atoms with van der Waals surface area (Å²) in [5.41, 5.74) is 7.77. The van der Waals surface area contributed by atoms with Crippen LogP contribution in [0.4, 0.5) is 0 Å². The zero-order valence-electron chi connectivity index (χ0n) is 14.8. The predicted octanol–water partition coefficient (Wildman–Crippen LogP) is 1.34. The summed E-state index contributed by atoms with van der Waals surface area (Å²) in [6, 6.07) is 1.91. The van der Waals surface area contributed by atoms with Crippen LogP contribution >= 0.6 is 0 Å². The van der Waals surface area contributed by atoms with Crippen LogP contribution in [0.25, 0.3) is 11.0 Å². The van der Waals surface area contributed by atoms with Gasteiger partial charge >= 0.3 is 0 Å². The molecule has 2 aromatic heterocycles. The summed E-state index contributed by atoms with van der Waals surface area (Å²) < 4.78 is 1.61. The summed E-state index contributed by atoms with van der Waals surface area (Å²) in [7, 11) is 1.76. The van der Waals surface area contributed by atoms with E-state index in [0.29, 0.717) is 35.0 Å². The van der Waals surface area contributed by atoms with Gasteiger partial charge in [0.05, 0.1) is 10.9 Å². The van der Waals surface area contributed by atoms with Crippen molar-refractivity contribution in [3.8, 4) is 0 Å². The van der Waals surface area contributed by atoms with E-state index in [0.717, 1.165) is 37.9 Å². The van der Waals surface area contributed by atoms with Gasteiger partial charge in [0.2, 0.25) is 0 Å². The number of H-pyrrole nitrogens is 1. The molecule has 2 atom stereocenters. The Hall–Kier alpha value is -2.15. The lowest BCUT2D eigenvalue weighted by atomic mass is 9.91. The zero-order chi connectivity index (χ0) is 17.7. The first-order valence-electron chi connectivity index (χ1n) is 9.10. The fraction of sp³-hybridized carbons (Fsp3) is 0.611. The molecule has 1 aliphatic heterocycles. The second-order valence-electron chi connectivity index (χ2n) is 7.58. The average molecular weight is 343 g/mol. The number of aromatic amines is 1. The molecular formula is C18H25N5O2. The summed E-state index contributed by atoms with van der Waals surface area (Å²) in [5, 5.41) is 3.14. The maximum absolute atomic E-state index is 13.2. The minimum absolute atomic E-state index is 0.0650. The molecule has 0 radical (unpaired) electrons. The highest BCUT2D eigenvalue weighted by Gasteiger charge is 2.31. The molecule has 7 nitrogen and oxygen atoms in total. The number of likely N-dealkylation sites (tertiary alicyclic amines) is 1. The van der Waals surface area contributed by atoms with Crippen LogP contribution in [0, 0.1) is 5.92 Å². The lowest BCUT2D eigenvalue weighted by molar-refractivity contribution is 0.0662. The number of piperidine rings is 1. The topological polar surface area (TPSA) is 97.0 Å². The Kier molecular flexibility index (Phi) is 3.91. The summed E-state index contributed by atoms with van der Waals surface area (Å²) in [4.78, 5) is 32.1. The molecule has 2 fully saturated rings. The number of aryl methyl sites for hydroxylation is 1. The van der Waals surface area contributed by atoms with Crippen LogP contribution in [0.1, 0.15) is 54.6 Å². The second-order valence-corrected chi connectivity index (χ2v) is 7.58. The van der Waals surface area contributed by atoms with Crippen LogP contribution in [0.2, 0.25) is 0 Å². The Morgan fingerprint density at radius 1 is 1.40 bits per heavy atom. The average Bonchev–Trinajstić information content (AvgIpc) is 3.41. The third-order valence-electron chi connectivity index (χ3n) is 5.55. The maximum atomic E-state index is 13.2. The SMILES string of the molecule is C[C@@H](N)[C@@H]1CCCN(C(=O)c2cc(C3CC3)nc3c2c(=O)[nH]n3C)C1. The van der Waals surface area contributed by atoms with Crippen LogP contribution in [0.3, 0.4) is 0 Å². The quantitative estimate of drug-likeness (QED) is 0.879. The van der Waals surface area contributed by atoms with Crippen molar-refractivity contribution < 1.29 is 4.79 Å². The summed E-state index contributed by atoms with van der Waals surface area (Å²) in [5.74, 6) is 0.655. The Labute approximate surface area is 146 Å². The van der Waals surface area contributed by atoms with Gasteiger partial charge in [-0.25, -0.2) is 4.98 Å². The Bertz CT molecular complexity index is 877. The van der Waals surface area contributed by atoms with E-state index in [1.54, 1.807) is 11.7 Å². The van der Waals surface area contributed by atoms with Gasteiger partial charge in [-0.3, -0.25) is 19.4 Å². The molecule has 0 unspecified atom stereocenters. The van der Waals surface area contributed by atoms with E-state index in [2.05, 4.69) is 10.1 Å². The van der Waals surface area contributed by atoms with Gasteiger partial charge in [0.15, 0.2) is 5.65 Å². The van der Waals surface area contributed by atoms with Crippen molar-refractivity contribution >= 4 is 16.9 Å². The molecule has 3 N–H and O–H groups in total. The molecule has 1 saturated carbocycles. The Morgan fingerprint density at radius 2 is 2.16 bits per heavy atom. The predicted molar refractivity (Wildman–Crippen MR) is 95.6 cm³/mol. The number of amides is 1. The van der Waals surface area contributed by atoms with Crippen LogP contribution in [0.15, 0.2) is 10.9 Å². The van der Waals surface area contributed by atoms with Crippen molar-refractivity contribution in [1.29, 1.82) is 0 Å². The first kappa shape index (κ1) is 16.3. The van der Waals surface area contributed by atoms with Crippen LogP contribution in [-0.2, 0) is 7.05 Å². The number of nitrogens with two attached hydrogens (primary N) is 1. The van der Waals surface area contributed by atoms with E-state index >= 15 is 0 Å². The number of hydrogen-bond donors (Lipinski definition) is 2. The van der Waals surface area contributed by atoms with E-state index in [9.17, 15) is 9.59 Å². The summed E-state index contributed by atoms with van der Waals surface area (Å²) in [6.45, 7) is 3.37. The van der Waals surface area contributed by atoms with E-state index in [1.807, 2.05) is 17.9 Å². The molecule has 0 bridgehead atoms. The second kappa shape index (κ2) is 5.98. The number of pyridine rings is 1. The molecule has 134 valence electrons. The van der Waals surface area contributed by atoms with Gasteiger partial charge in [0.25, 0.3) is 11.5 Å². The van der Waals surface area contributed by atoms with E-state index in [4.69, 9.17) is 5.73 Å². The van der Waals surface area contributed by atoms with Gasteiger partial charge < -0.3 is 10.6 Å². The molecule has 7 heteroatoms. The van der Waals surface area contributed by atoms with Crippen LogP contribution in [0.5, 0.6) is 0 Å². The molecule has 2 aliphatic rings. The third kappa shape index (κ3) is 2.86. The lowest BCUT2D eigenvalue weighted by Gasteiger charge is -2.34. The maximum Gasteiger partial charge on any atom is 0.274 e. The Balaban J connectivity index is 1.77. The van der Waals surface area contributed by atoms with Gasteiger partial charge in [-0.2, -0.15) is 0 Å². The third-order valence-corrected chi connectivity index (χ3v) is 5.55. The number of aromatic nitrogens is 3. The Morgan fingerprint density at radius 3 is 2.84 bits per heavy atom. The summed E-state index contributed by atoms with van der Waals surface area (Å²) >= 11 is 0. The normalized spacial score (nSPS) is 22.4. The first-order valence-corrected chi connectivity index (χ1v) is 9.10. The minimum Gasteiger partial charge on any atom is -0.338 e. The highest BCUT2D eigenvalue weighted by atomic mass is 16.2. The van der Waals surface area contributed by atoms with Gasteiger partial charge in [-0.15, -0.1) is 0 Å². The lowest BCUT2D eigenvalue weighted by Crippen LogP contribution is -2.45. The highest BCUT2D eigenvalue weighted by Crippen LogP contribution is 2.40. The van der Waals surface area contributed by atoms with Crippen molar-refractivity contribution in [2.24, 2.45) is 18.7 Å². The molecule has 2 aromatic rings. The van der Waals surface area contributed by atoms with E-state index in [1.165, 1.54) is 0 Å². The van der Waals surface area contributed by atoms with Gasteiger partial charge in [0, 0.05) is 37.8 Å². The first-order chi connectivity index (χ1) is 12.0. The molecule has 0 aromatic carbocycles. The van der Waals surface area contributed by atoms with Crippen molar-refractivity contribution in [1.82, 2.24) is 19.7 Å². The van der Waals surface area contributed by atoms with Gasteiger partial charge in [0.1, 0.15) is 0 Å². The molecule has 1 amide bonds. The number of carbonyl (C=O) groups is 1. The van der Waals surface area contributed by atoms with Crippen molar-refractivity contribution in [2.75, 3.05) is 13.1 Å². The highest BCUT2D eigenvalue weighted by molar-refractivity contribution is 6.05. The zero-order valence-corrected chi connectivity index (χ0v) is 14.8. The smallest absolute Gasteiger partial charge is 0.274 e. The van der Waals surface area contributed by atoms with Crippen LogP contribution in [-0.4, -0.2) is 44.7 Å². The number of nitrogens with zero attached hydrogens (tertiary/aromatic N) is 3. The van der Waals surface area contributed by atoms with Gasteiger partial charge in [-0.1, -0.05) is 0 Å². The number of rotatable bonds is 3. The van der Waals surface area contributed by atoms with E-state index in [-0.39, 0.29) is 17.5 Å². The fourth-order valence-electron chi connectivity index (χ4n) is 3.83. The largest absolute Gasteiger partial charge is 0.338 e. The number of hydrogen-bond acceptors (Lipinski definition) is 4. The van der Waals surface area contributed by atoms with E-state index < -0.39 is 0 Å². The van der Waals surface area contributed by atoms with Crippen LogP contribution < -0.4 is 11.3 Å². The monoisotopic (exact) mass is 343 g/mol. The molecule has 3 heterocycles. The fourth-order valence-corrected chi connectivity index (χ4v) is 3.83. The number of fused-ring (bicyclic) bond motifs is 1. The standard InChI is InChI=1S/C18H25N5O2/c1-10(19)12-4-3-7-23(9-12)18(25)13-8-14(11-5-6-11)20-16-15(13)17(24)21-22(16)2/h8,10-12H,3-7,9,19H2,1-2H3,(H,21,24)/t10-,12-/m1/s1. The summed E-state index contributed by atoms with van der Waals surface area (Å²) in [6.07, 6.45) is 4.20. The number of carbonyl (C=O) groups excluding carboxylic acids is 1. The minimum atomic E-state index is -0.253. The molecule has 0 spiro atoms. The number of nitrogens with one attached hydrogen (secondary N) is 1. The molecule has 4 rings (SSSR count). The molecular weight excluding hydrogens is 318 g/mol.